The van der Waals surface area contributed by atoms with Crippen molar-refractivity contribution in [3.05, 3.63) is 58.6 Å². The molecule has 0 bridgehead atoms. The Kier molecular flexibility index (Phi) is 8.66. The molecule has 29 heavy (non-hydrogen) atoms. The van der Waals surface area contributed by atoms with Crippen LogP contribution in [0, 0.1) is 11.6 Å². The number of rotatable bonds is 11. The Morgan fingerprint density at radius 3 is 2.48 bits per heavy atom. The highest BCUT2D eigenvalue weighted by Gasteiger charge is 2.12. The third-order valence-corrected chi connectivity index (χ3v) is 5.81. The summed E-state index contributed by atoms with van der Waals surface area (Å²) in [5.74, 6) is 1.67. The lowest BCUT2D eigenvalue weighted by Crippen LogP contribution is -2.26. The third-order valence-electron chi connectivity index (χ3n) is 5.54. The lowest BCUT2D eigenvalue weighted by atomic mass is 10.1. The van der Waals surface area contributed by atoms with Gasteiger partial charge in [0.05, 0.1) is 7.11 Å². The van der Waals surface area contributed by atoms with E-state index in [2.05, 4.69) is 41.4 Å². The molecule has 1 fully saturated rings. The molecular weight excluding hydrogens is 384 g/mol. The number of aryl methyl sites for hydroxylation is 1. The van der Waals surface area contributed by atoms with Crippen LogP contribution in [0.1, 0.15) is 37.3 Å². The third kappa shape index (κ3) is 7.22. The first kappa shape index (κ1) is 21.9. The molecule has 3 rings (SSSR count). The highest BCUT2D eigenvalue weighted by molar-refractivity contribution is 5.43. The summed E-state index contributed by atoms with van der Waals surface area (Å²) in [6.07, 6.45) is 4.69. The Labute approximate surface area is 180 Å². The van der Waals surface area contributed by atoms with Crippen LogP contribution in [0.4, 0.5) is 0 Å². The van der Waals surface area contributed by atoms with Crippen molar-refractivity contribution in [2.24, 2.45) is 0 Å². The minimum Gasteiger partial charge on any atom is -0.493 e. The maximum Gasteiger partial charge on any atom is 0.225 e. The topological polar surface area (TPSA) is 33.7 Å². The minimum atomic E-state index is 0.431. The van der Waals surface area contributed by atoms with Gasteiger partial charge in [-0.2, -0.15) is 0 Å². The Balaban J connectivity index is 1.43. The van der Waals surface area contributed by atoms with Crippen molar-refractivity contribution < 1.29 is 21.1 Å². The van der Waals surface area contributed by atoms with Crippen molar-refractivity contribution in [2.45, 2.75) is 45.2 Å². The Hall–Kier alpha value is -1.75. The van der Waals surface area contributed by atoms with E-state index in [4.69, 9.17) is 21.1 Å². The van der Waals surface area contributed by atoms with Gasteiger partial charge in [-0.1, -0.05) is 18.2 Å². The molecule has 0 spiro atoms. The first-order valence-electron chi connectivity index (χ1n) is 10.7. The van der Waals surface area contributed by atoms with E-state index in [-0.39, 0.29) is 0 Å². The zero-order valence-corrected chi connectivity index (χ0v) is 18.5. The average Bonchev–Trinajstić information content (AvgIpc) is 3.26. The van der Waals surface area contributed by atoms with Crippen LogP contribution in [-0.2, 0) is 13.0 Å². The predicted molar refractivity (Wildman–Crippen MR) is 116 cm³/mol. The fourth-order valence-electron chi connectivity index (χ4n) is 3.66. The van der Waals surface area contributed by atoms with Crippen LogP contribution in [0.2, 0.25) is 5.02 Å². The second-order valence-corrected chi connectivity index (χ2v) is 8.32. The Morgan fingerprint density at radius 1 is 1.03 bits per heavy atom. The quantitative estimate of drug-likeness (QED) is 0.599. The number of ether oxygens (including phenoxy) is 2. The van der Waals surface area contributed by atoms with Crippen LogP contribution in [0.15, 0.2) is 42.5 Å². The van der Waals surface area contributed by atoms with Crippen LogP contribution in [0.3, 0.4) is 0 Å². The van der Waals surface area contributed by atoms with E-state index in [1.165, 1.54) is 37.1 Å². The number of likely N-dealkylation sites (tertiary alicyclic amines) is 1. The molecule has 5 heteroatoms. The molecule has 2 aromatic carbocycles. The molecule has 0 radical (unpaired) electrons. The summed E-state index contributed by atoms with van der Waals surface area (Å²) in [6, 6.07) is 14.9. The van der Waals surface area contributed by atoms with Gasteiger partial charge in [0, 0.05) is 31.3 Å². The highest BCUT2D eigenvalue weighted by atomic mass is 35.5. The van der Waals surface area contributed by atoms with Crippen LogP contribution >= 0.6 is 0 Å². The van der Waals surface area contributed by atoms with E-state index in [9.17, 15) is 0 Å². The van der Waals surface area contributed by atoms with Gasteiger partial charge in [-0.15, -0.1) is 0 Å². The monoisotopic (exact) mass is 417 g/mol. The van der Waals surface area contributed by atoms with Gasteiger partial charge in [-0.05, 0) is 69.0 Å². The molecule has 0 saturated carbocycles. The molecule has 0 amide bonds. The van der Waals surface area contributed by atoms with E-state index >= 15 is 0 Å². The van der Waals surface area contributed by atoms with Crippen molar-refractivity contribution in [3.63, 3.8) is 0 Å². The smallest absolute Gasteiger partial charge is 0.225 e. The summed E-state index contributed by atoms with van der Waals surface area (Å²) in [5, 5.41) is 4.48. The first-order chi connectivity index (χ1) is 14.1. The van der Waals surface area contributed by atoms with Crippen LogP contribution in [0.5, 0.6) is 11.5 Å². The number of benzene rings is 2. The maximum atomic E-state index is 5.98. The normalized spacial score (nSPS) is 15.4. The van der Waals surface area contributed by atoms with E-state index in [1.807, 2.05) is 18.2 Å². The Morgan fingerprint density at radius 2 is 1.76 bits per heavy atom. The molecule has 2 aromatic rings. The fraction of sp³-hybridized carbons (Fsp3) is 0.500. The molecule has 1 N–H and O–H groups in total. The van der Waals surface area contributed by atoms with Crippen molar-refractivity contribution in [3.8, 4) is 11.5 Å². The van der Waals surface area contributed by atoms with E-state index in [0.717, 1.165) is 42.5 Å². The summed E-state index contributed by atoms with van der Waals surface area (Å²) in [7, 11) is 1.71. The second-order valence-electron chi connectivity index (χ2n) is 7.85. The van der Waals surface area contributed by atoms with Gasteiger partial charge in [-0.25, -0.2) is 0 Å². The standard InChI is InChI=1S/C24H34ClN2O2/c1-19(26-18-21-7-10-22(25)11-8-21)5-6-20-9-12-23(24(17-20)28-2)29-16-15-27-13-3-4-14-27/h7-12,17,19,25-26H,3-6,13-16,18H2,1-2H3/q+1/t19-/m1/s1. The zero-order chi connectivity index (χ0) is 20.5. The predicted octanol–water partition coefficient (Wildman–Crippen LogP) is 3.98. The second kappa shape index (κ2) is 11.4. The summed E-state index contributed by atoms with van der Waals surface area (Å²) in [6.45, 7) is 7.20. The number of hydrogen-bond acceptors (Lipinski definition) is 4. The summed E-state index contributed by atoms with van der Waals surface area (Å²) in [4.78, 5) is 2.46. The number of methoxy groups -OCH3 is 1. The number of nitrogens with one attached hydrogen (secondary N) is 1. The van der Waals surface area contributed by atoms with E-state index < -0.39 is 0 Å². The maximum absolute atomic E-state index is 5.98. The molecule has 158 valence electrons. The minimum absolute atomic E-state index is 0.431. The van der Waals surface area contributed by atoms with Gasteiger partial charge in [0.25, 0.3) is 0 Å². The molecule has 1 aliphatic heterocycles. The first-order valence-corrected chi connectivity index (χ1v) is 11.1. The van der Waals surface area contributed by atoms with Crippen molar-refractivity contribution in [2.75, 3.05) is 33.4 Å². The molecule has 0 unspecified atom stereocenters. The Bertz CT molecular complexity index is 745. The van der Waals surface area contributed by atoms with Gasteiger partial charge in [0.15, 0.2) is 23.1 Å². The van der Waals surface area contributed by atoms with Crippen LogP contribution in [-0.4, -0.2) is 44.3 Å². The van der Waals surface area contributed by atoms with Gasteiger partial charge >= 0.3 is 0 Å². The SMILES string of the molecule is COc1cc(CC[C@@H](C)NCc2ccc([ClH+])cc2)ccc1OCCN1CCCC1. The average molecular weight is 418 g/mol. The lowest BCUT2D eigenvalue weighted by molar-refractivity contribution is -0.288. The number of hydrogen-bond donors (Lipinski definition) is 1. The number of nitrogens with zero attached hydrogens (tertiary/aromatic N) is 1. The molecule has 1 atom stereocenters. The number of halogens is 1. The molecule has 1 aliphatic rings. The van der Waals surface area contributed by atoms with Gasteiger partial charge in [0.2, 0.25) is 5.02 Å². The summed E-state index contributed by atoms with van der Waals surface area (Å²) < 4.78 is 11.5. The van der Waals surface area contributed by atoms with Crippen LogP contribution in [0.25, 0.3) is 0 Å². The van der Waals surface area contributed by atoms with E-state index in [0.29, 0.717) is 12.6 Å². The van der Waals surface area contributed by atoms with Gasteiger partial charge < -0.3 is 14.8 Å². The molecular formula is C24H34ClN2O2+. The molecule has 0 aromatic heterocycles. The van der Waals surface area contributed by atoms with E-state index in [1.54, 1.807) is 7.11 Å². The van der Waals surface area contributed by atoms with Crippen molar-refractivity contribution in [1.82, 2.24) is 10.2 Å². The molecule has 4 nitrogen and oxygen atoms in total. The van der Waals surface area contributed by atoms with Gasteiger partial charge in [0.1, 0.15) is 6.61 Å². The lowest BCUT2D eigenvalue weighted by Gasteiger charge is -2.17. The molecule has 0 aliphatic carbocycles. The summed E-state index contributed by atoms with van der Waals surface area (Å²) >= 11 is 5.14. The molecule has 1 saturated heterocycles. The van der Waals surface area contributed by atoms with Gasteiger partial charge in [-0.3, -0.25) is 4.90 Å². The largest absolute Gasteiger partial charge is 0.493 e. The van der Waals surface area contributed by atoms with Crippen LogP contribution < -0.4 is 14.8 Å². The van der Waals surface area contributed by atoms with Crippen molar-refractivity contribution in [1.29, 1.82) is 0 Å². The zero-order valence-electron chi connectivity index (χ0n) is 17.7. The fourth-order valence-corrected chi connectivity index (χ4v) is 3.80. The highest BCUT2D eigenvalue weighted by Crippen LogP contribution is 2.28. The summed E-state index contributed by atoms with van der Waals surface area (Å²) in [5.41, 5.74) is 2.54. The molecule has 1 heterocycles. The van der Waals surface area contributed by atoms with Crippen molar-refractivity contribution >= 4 is 0 Å².